The number of phenols is 1. The number of hydrogen-bond acceptors (Lipinski definition) is 4. The van der Waals surface area contributed by atoms with Crippen LogP contribution < -0.4 is 0 Å². The molecule has 2 unspecified atom stereocenters. The number of phenolic OH excluding ortho intramolecular Hbond substituents is 1. The van der Waals surface area contributed by atoms with E-state index in [-0.39, 0.29) is 23.6 Å². The van der Waals surface area contributed by atoms with E-state index in [1.54, 1.807) is 12.1 Å². The van der Waals surface area contributed by atoms with Crippen LogP contribution in [0.3, 0.4) is 0 Å². The van der Waals surface area contributed by atoms with Crippen molar-refractivity contribution in [2.24, 2.45) is 10.7 Å². The molecule has 22 heavy (non-hydrogen) atoms. The fourth-order valence-corrected chi connectivity index (χ4v) is 2.73. The standard InChI is InChI=1S/C14H16NO6P/c16-10-6-4-9(5-7-10)8-13(18)14-11(15-22(19,20)21)2-1-3-12(14)17/h1-7,13-14,16-18H,8H2,(H2,19,20,21). The molecular weight excluding hydrogens is 309 g/mol. The lowest BCUT2D eigenvalue weighted by Gasteiger charge is -2.24. The van der Waals surface area contributed by atoms with E-state index in [1.807, 2.05) is 0 Å². The number of nitrogens with zero attached hydrogens (tertiary/aromatic N) is 1. The van der Waals surface area contributed by atoms with Gasteiger partial charge < -0.3 is 25.1 Å². The largest absolute Gasteiger partial charge is 0.512 e. The highest BCUT2D eigenvalue weighted by Crippen LogP contribution is 2.38. The molecule has 0 aromatic heterocycles. The van der Waals surface area contributed by atoms with Gasteiger partial charge in [0.25, 0.3) is 0 Å². The number of benzene rings is 1. The first kappa shape index (κ1) is 16.5. The molecule has 118 valence electrons. The van der Waals surface area contributed by atoms with Crippen molar-refractivity contribution in [2.45, 2.75) is 12.5 Å². The number of rotatable bonds is 4. The maximum atomic E-state index is 11.0. The molecule has 1 aromatic carbocycles. The van der Waals surface area contributed by atoms with Gasteiger partial charge in [-0.1, -0.05) is 18.2 Å². The molecule has 0 heterocycles. The van der Waals surface area contributed by atoms with Crippen molar-refractivity contribution >= 4 is 13.5 Å². The number of allylic oxidation sites excluding steroid dienone is 3. The summed E-state index contributed by atoms with van der Waals surface area (Å²) in [5, 5.41) is 29.4. The van der Waals surface area contributed by atoms with E-state index >= 15 is 0 Å². The van der Waals surface area contributed by atoms with Crippen molar-refractivity contribution in [3.8, 4) is 5.75 Å². The number of aromatic hydroxyl groups is 1. The molecule has 0 amide bonds. The fraction of sp³-hybridized carbons (Fsp3) is 0.214. The van der Waals surface area contributed by atoms with Crippen LogP contribution >= 0.6 is 7.75 Å². The Balaban J connectivity index is 2.24. The quantitative estimate of drug-likeness (QED) is 0.533. The molecule has 0 spiro atoms. The minimum Gasteiger partial charge on any atom is -0.512 e. The van der Waals surface area contributed by atoms with E-state index in [2.05, 4.69) is 4.76 Å². The van der Waals surface area contributed by atoms with Gasteiger partial charge in [-0.05, 0) is 36.3 Å². The normalized spacial score (nSPS) is 21.7. The smallest absolute Gasteiger partial charge is 0.448 e. The van der Waals surface area contributed by atoms with Gasteiger partial charge in [-0.2, -0.15) is 4.76 Å². The molecule has 7 nitrogen and oxygen atoms in total. The Morgan fingerprint density at radius 3 is 2.41 bits per heavy atom. The van der Waals surface area contributed by atoms with Crippen LogP contribution in [-0.4, -0.2) is 36.9 Å². The van der Waals surface area contributed by atoms with E-state index in [4.69, 9.17) is 9.79 Å². The van der Waals surface area contributed by atoms with Gasteiger partial charge in [0.15, 0.2) is 0 Å². The Bertz CT molecular complexity index is 673. The summed E-state index contributed by atoms with van der Waals surface area (Å²) in [5.41, 5.74) is 0.614. The molecule has 0 aliphatic heterocycles. The summed E-state index contributed by atoms with van der Waals surface area (Å²) in [6, 6.07) is 6.14. The Kier molecular flexibility index (Phi) is 4.83. The Labute approximate surface area is 126 Å². The summed E-state index contributed by atoms with van der Waals surface area (Å²) >= 11 is 0. The topological polar surface area (TPSA) is 131 Å². The molecule has 2 rings (SSSR count). The maximum Gasteiger partial charge on any atom is 0.448 e. The Morgan fingerprint density at radius 2 is 1.82 bits per heavy atom. The molecule has 0 fully saturated rings. The summed E-state index contributed by atoms with van der Waals surface area (Å²) in [6.07, 6.45) is 3.06. The van der Waals surface area contributed by atoms with Crippen LogP contribution in [0.4, 0.5) is 0 Å². The Morgan fingerprint density at radius 1 is 1.18 bits per heavy atom. The van der Waals surface area contributed by atoms with Crippen molar-refractivity contribution in [1.29, 1.82) is 0 Å². The van der Waals surface area contributed by atoms with E-state index in [1.165, 1.54) is 30.4 Å². The monoisotopic (exact) mass is 325 g/mol. The average Bonchev–Trinajstić information content (AvgIpc) is 2.39. The van der Waals surface area contributed by atoms with Crippen LogP contribution in [0.5, 0.6) is 5.75 Å². The first-order valence-electron chi connectivity index (χ1n) is 6.45. The second-order valence-corrected chi connectivity index (χ2v) is 6.13. The first-order chi connectivity index (χ1) is 10.3. The molecule has 5 N–H and O–H groups in total. The second kappa shape index (κ2) is 6.46. The predicted molar refractivity (Wildman–Crippen MR) is 80.6 cm³/mol. The van der Waals surface area contributed by atoms with Crippen molar-refractivity contribution in [2.75, 3.05) is 0 Å². The van der Waals surface area contributed by atoms with Gasteiger partial charge in [0.1, 0.15) is 11.5 Å². The summed E-state index contributed by atoms with van der Waals surface area (Å²) in [7, 11) is -4.67. The third-order valence-corrected chi connectivity index (χ3v) is 3.67. The zero-order chi connectivity index (χ0) is 16.3. The first-order valence-corrected chi connectivity index (χ1v) is 8.01. The SMILES string of the molecule is O=P(O)(O)N=C1C=CC=C(O)C1C(O)Cc1ccc(O)cc1. The van der Waals surface area contributed by atoms with Gasteiger partial charge in [-0.25, -0.2) is 4.57 Å². The molecule has 8 heteroatoms. The third kappa shape index (κ3) is 4.29. The number of aliphatic hydroxyl groups excluding tert-OH is 2. The van der Waals surface area contributed by atoms with Crippen LogP contribution in [0.25, 0.3) is 0 Å². The molecule has 0 radical (unpaired) electrons. The van der Waals surface area contributed by atoms with Crippen LogP contribution in [0, 0.1) is 5.92 Å². The van der Waals surface area contributed by atoms with Gasteiger partial charge in [-0.15, -0.1) is 0 Å². The number of hydrogen-bond donors (Lipinski definition) is 5. The molecule has 0 bridgehead atoms. The molecule has 0 saturated carbocycles. The highest BCUT2D eigenvalue weighted by atomic mass is 31.2. The minimum atomic E-state index is -4.67. The summed E-state index contributed by atoms with van der Waals surface area (Å²) in [5.74, 6) is -1.15. The second-order valence-electron chi connectivity index (χ2n) is 4.90. The predicted octanol–water partition coefficient (Wildman–Crippen LogP) is 1.46. The van der Waals surface area contributed by atoms with Gasteiger partial charge >= 0.3 is 7.75 Å². The van der Waals surface area contributed by atoms with E-state index in [0.29, 0.717) is 5.56 Å². The van der Waals surface area contributed by atoms with Gasteiger partial charge in [0.2, 0.25) is 0 Å². The lowest BCUT2D eigenvalue weighted by atomic mass is 9.87. The molecule has 2 atom stereocenters. The van der Waals surface area contributed by atoms with Crippen molar-refractivity contribution in [1.82, 2.24) is 0 Å². The van der Waals surface area contributed by atoms with Gasteiger partial charge in [0.05, 0.1) is 17.7 Å². The fourth-order valence-electron chi connectivity index (χ4n) is 2.24. The zero-order valence-corrected chi connectivity index (χ0v) is 12.3. The number of aliphatic hydroxyl groups is 2. The van der Waals surface area contributed by atoms with Crippen LogP contribution in [0.1, 0.15) is 5.56 Å². The lowest BCUT2D eigenvalue weighted by molar-refractivity contribution is 0.131. The van der Waals surface area contributed by atoms with Gasteiger partial charge in [0, 0.05) is 0 Å². The van der Waals surface area contributed by atoms with E-state index in [0.717, 1.165) is 0 Å². The zero-order valence-electron chi connectivity index (χ0n) is 11.4. The lowest BCUT2D eigenvalue weighted by Crippen LogP contribution is -2.32. The minimum absolute atomic E-state index is 0.0837. The Hall–Kier alpha value is -1.92. The van der Waals surface area contributed by atoms with Crippen molar-refractivity contribution in [3.05, 3.63) is 53.8 Å². The summed E-state index contributed by atoms with van der Waals surface area (Å²) in [6.45, 7) is 0. The van der Waals surface area contributed by atoms with Crippen molar-refractivity contribution < 1.29 is 29.7 Å². The molecule has 1 aliphatic rings. The maximum absolute atomic E-state index is 11.0. The molecular formula is C14H16NO6P. The summed E-state index contributed by atoms with van der Waals surface area (Å²) in [4.78, 5) is 17.9. The van der Waals surface area contributed by atoms with Crippen LogP contribution in [-0.2, 0) is 11.0 Å². The highest BCUT2D eigenvalue weighted by molar-refractivity contribution is 7.50. The van der Waals surface area contributed by atoms with Crippen molar-refractivity contribution in [3.63, 3.8) is 0 Å². The van der Waals surface area contributed by atoms with Crippen LogP contribution in [0.15, 0.2) is 53.0 Å². The molecule has 0 saturated heterocycles. The van der Waals surface area contributed by atoms with Gasteiger partial charge in [-0.3, -0.25) is 0 Å². The molecule has 1 aromatic rings. The van der Waals surface area contributed by atoms with E-state index in [9.17, 15) is 19.9 Å². The third-order valence-electron chi connectivity index (χ3n) is 3.18. The molecule has 1 aliphatic carbocycles. The average molecular weight is 325 g/mol. The highest BCUT2D eigenvalue weighted by Gasteiger charge is 2.31. The summed E-state index contributed by atoms with van der Waals surface area (Å²) < 4.78 is 14.3. The van der Waals surface area contributed by atoms with Crippen LogP contribution in [0.2, 0.25) is 0 Å². The van der Waals surface area contributed by atoms with E-state index < -0.39 is 19.8 Å².